The van der Waals surface area contributed by atoms with Crippen LogP contribution in [0.25, 0.3) is 0 Å². The molecule has 2 N–H and O–H groups in total. The molecular formula is C16H27N5O. The fourth-order valence-corrected chi connectivity index (χ4v) is 2.34. The summed E-state index contributed by atoms with van der Waals surface area (Å²) < 4.78 is 5.42. The van der Waals surface area contributed by atoms with Gasteiger partial charge in [-0.2, -0.15) is 0 Å². The van der Waals surface area contributed by atoms with Crippen LogP contribution in [0.15, 0.2) is 23.3 Å². The number of ether oxygens (including phenoxy) is 1. The third kappa shape index (κ3) is 4.87. The number of anilines is 1. The maximum Gasteiger partial charge on any atom is 0.191 e. The van der Waals surface area contributed by atoms with Crippen LogP contribution in [0.4, 0.5) is 5.82 Å². The van der Waals surface area contributed by atoms with Crippen LogP contribution in [0.5, 0.6) is 0 Å². The normalized spacial score (nSPS) is 16.5. The van der Waals surface area contributed by atoms with E-state index in [0.29, 0.717) is 6.54 Å². The third-order valence-corrected chi connectivity index (χ3v) is 3.34. The number of aromatic nitrogens is 1. The van der Waals surface area contributed by atoms with Crippen molar-refractivity contribution in [2.24, 2.45) is 4.99 Å². The molecule has 0 aromatic carbocycles. The molecule has 0 spiro atoms. The second-order valence-corrected chi connectivity index (χ2v) is 6.39. The van der Waals surface area contributed by atoms with E-state index >= 15 is 0 Å². The molecule has 1 aromatic heterocycles. The number of nitrogens with one attached hydrogen (secondary N) is 2. The van der Waals surface area contributed by atoms with Crippen molar-refractivity contribution < 1.29 is 4.74 Å². The number of aliphatic imine (C=N–C) groups is 1. The molecule has 22 heavy (non-hydrogen) atoms. The van der Waals surface area contributed by atoms with Crippen molar-refractivity contribution in [3.63, 3.8) is 0 Å². The van der Waals surface area contributed by atoms with Crippen molar-refractivity contribution in [2.45, 2.75) is 32.9 Å². The quantitative estimate of drug-likeness (QED) is 0.652. The summed E-state index contributed by atoms with van der Waals surface area (Å²) >= 11 is 0. The summed E-state index contributed by atoms with van der Waals surface area (Å²) in [5.74, 6) is 1.83. The van der Waals surface area contributed by atoms with Gasteiger partial charge in [-0.3, -0.25) is 4.99 Å². The molecule has 6 heteroatoms. The van der Waals surface area contributed by atoms with Crippen LogP contribution in [0.3, 0.4) is 0 Å². The van der Waals surface area contributed by atoms with E-state index in [1.807, 2.05) is 12.3 Å². The van der Waals surface area contributed by atoms with Gasteiger partial charge >= 0.3 is 0 Å². The minimum atomic E-state index is -0.0240. The predicted molar refractivity (Wildman–Crippen MR) is 90.4 cm³/mol. The van der Waals surface area contributed by atoms with Crippen molar-refractivity contribution in [3.05, 3.63) is 23.9 Å². The highest BCUT2D eigenvalue weighted by Gasteiger charge is 2.16. The highest BCUT2D eigenvalue weighted by atomic mass is 16.5. The second kappa shape index (κ2) is 7.45. The zero-order valence-corrected chi connectivity index (χ0v) is 14.0. The van der Waals surface area contributed by atoms with Gasteiger partial charge in [0.15, 0.2) is 5.96 Å². The Bertz CT molecular complexity index is 504. The van der Waals surface area contributed by atoms with Crippen LogP contribution in [0.1, 0.15) is 26.3 Å². The molecule has 1 fully saturated rings. The van der Waals surface area contributed by atoms with E-state index in [1.165, 1.54) is 5.56 Å². The molecule has 0 unspecified atom stereocenters. The largest absolute Gasteiger partial charge is 0.378 e. The van der Waals surface area contributed by atoms with Crippen LogP contribution in [-0.2, 0) is 11.3 Å². The maximum atomic E-state index is 5.42. The van der Waals surface area contributed by atoms with Crippen molar-refractivity contribution in [3.8, 4) is 0 Å². The Labute approximate surface area is 133 Å². The molecule has 0 atom stereocenters. The molecule has 122 valence electrons. The van der Waals surface area contributed by atoms with Gasteiger partial charge in [0.25, 0.3) is 0 Å². The maximum absolute atomic E-state index is 5.42. The molecular weight excluding hydrogens is 278 g/mol. The smallest absolute Gasteiger partial charge is 0.191 e. The molecule has 0 amide bonds. The monoisotopic (exact) mass is 305 g/mol. The lowest BCUT2D eigenvalue weighted by Gasteiger charge is -2.30. The van der Waals surface area contributed by atoms with Crippen LogP contribution in [0, 0.1) is 0 Å². The minimum Gasteiger partial charge on any atom is -0.378 e. The molecule has 2 rings (SSSR count). The molecule has 2 heterocycles. The topological polar surface area (TPSA) is 61.8 Å². The number of hydrogen-bond acceptors (Lipinski definition) is 4. The average Bonchev–Trinajstić information content (AvgIpc) is 2.51. The zero-order valence-electron chi connectivity index (χ0n) is 14.0. The summed E-state index contributed by atoms with van der Waals surface area (Å²) in [6.07, 6.45) is 1.84. The Morgan fingerprint density at radius 1 is 1.36 bits per heavy atom. The Morgan fingerprint density at radius 2 is 2.09 bits per heavy atom. The molecule has 6 nitrogen and oxygen atoms in total. The standard InChI is InChI=1S/C16H27N5O/c1-16(2,3)20-15(17-4)19-12-13-6-5-7-18-14(13)21-8-10-22-11-9-21/h5-7H,8-12H2,1-4H3,(H2,17,19,20). The molecule has 0 bridgehead atoms. The van der Waals surface area contributed by atoms with Crippen LogP contribution < -0.4 is 15.5 Å². The third-order valence-electron chi connectivity index (χ3n) is 3.34. The number of hydrogen-bond donors (Lipinski definition) is 2. The van der Waals surface area contributed by atoms with Gasteiger partial charge in [-0.15, -0.1) is 0 Å². The van der Waals surface area contributed by atoms with Gasteiger partial charge in [0.05, 0.1) is 13.2 Å². The minimum absolute atomic E-state index is 0.0240. The Balaban J connectivity index is 2.03. The first-order valence-electron chi connectivity index (χ1n) is 7.75. The fourth-order valence-electron chi connectivity index (χ4n) is 2.34. The second-order valence-electron chi connectivity index (χ2n) is 6.39. The lowest BCUT2D eigenvalue weighted by atomic mass is 10.1. The molecule has 1 aliphatic rings. The number of guanidine groups is 1. The number of nitrogens with zero attached hydrogens (tertiary/aromatic N) is 3. The summed E-state index contributed by atoms with van der Waals surface area (Å²) in [5.41, 5.74) is 1.14. The van der Waals surface area contributed by atoms with E-state index in [0.717, 1.165) is 38.1 Å². The molecule has 0 radical (unpaired) electrons. The summed E-state index contributed by atoms with van der Waals surface area (Å²) in [5, 5.41) is 6.72. The van der Waals surface area contributed by atoms with Crippen molar-refractivity contribution in [1.29, 1.82) is 0 Å². The fraction of sp³-hybridized carbons (Fsp3) is 0.625. The summed E-state index contributed by atoms with van der Waals surface area (Å²) in [6, 6.07) is 4.08. The highest BCUT2D eigenvalue weighted by molar-refractivity contribution is 5.80. The number of morpholine rings is 1. The van der Waals surface area contributed by atoms with E-state index in [4.69, 9.17) is 4.74 Å². The zero-order chi connectivity index (χ0) is 16.0. The number of rotatable bonds is 3. The van der Waals surface area contributed by atoms with Crippen molar-refractivity contribution in [2.75, 3.05) is 38.3 Å². The van der Waals surface area contributed by atoms with E-state index in [9.17, 15) is 0 Å². The van der Waals surface area contributed by atoms with E-state index in [1.54, 1.807) is 7.05 Å². The lowest BCUT2D eigenvalue weighted by molar-refractivity contribution is 0.122. The molecule has 0 saturated carbocycles. The van der Waals surface area contributed by atoms with Crippen LogP contribution in [-0.4, -0.2) is 49.8 Å². The Morgan fingerprint density at radius 3 is 2.73 bits per heavy atom. The van der Waals surface area contributed by atoms with Gasteiger partial charge in [0.1, 0.15) is 5.82 Å². The van der Waals surface area contributed by atoms with E-state index < -0.39 is 0 Å². The SMILES string of the molecule is CN=C(NCc1cccnc1N1CCOCC1)NC(C)(C)C. The molecule has 1 aromatic rings. The average molecular weight is 305 g/mol. The predicted octanol–water partition coefficient (Wildman–Crippen LogP) is 1.38. The number of pyridine rings is 1. The van der Waals surface area contributed by atoms with Gasteiger partial charge in [0.2, 0.25) is 0 Å². The molecule has 0 aliphatic carbocycles. The van der Waals surface area contributed by atoms with Gasteiger partial charge in [-0.25, -0.2) is 4.98 Å². The summed E-state index contributed by atoms with van der Waals surface area (Å²) in [7, 11) is 1.78. The van der Waals surface area contributed by atoms with Crippen LogP contribution in [0.2, 0.25) is 0 Å². The first kappa shape index (κ1) is 16.5. The summed E-state index contributed by atoms with van der Waals surface area (Å²) in [6.45, 7) is 10.3. The first-order chi connectivity index (χ1) is 10.5. The van der Waals surface area contributed by atoms with Gasteiger partial charge in [0, 0.05) is 44.0 Å². The highest BCUT2D eigenvalue weighted by Crippen LogP contribution is 2.18. The van der Waals surface area contributed by atoms with E-state index in [-0.39, 0.29) is 5.54 Å². The Kier molecular flexibility index (Phi) is 5.60. The van der Waals surface area contributed by atoms with Gasteiger partial charge in [-0.05, 0) is 26.8 Å². The molecule has 1 saturated heterocycles. The van der Waals surface area contributed by atoms with Gasteiger partial charge < -0.3 is 20.3 Å². The lowest BCUT2D eigenvalue weighted by Crippen LogP contribution is -2.47. The van der Waals surface area contributed by atoms with Gasteiger partial charge in [-0.1, -0.05) is 6.07 Å². The van der Waals surface area contributed by atoms with E-state index in [2.05, 4.69) is 52.3 Å². The Hall–Kier alpha value is -1.82. The molecule has 1 aliphatic heterocycles. The van der Waals surface area contributed by atoms with Crippen molar-refractivity contribution >= 4 is 11.8 Å². The van der Waals surface area contributed by atoms with Crippen LogP contribution >= 0.6 is 0 Å². The first-order valence-corrected chi connectivity index (χ1v) is 7.75. The summed E-state index contributed by atoms with van der Waals surface area (Å²) in [4.78, 5) is 11.1. The van der Waals surface area contributed by atoms with Crippen molar-refractivity contribution in [1.82, 2.24) is 15.6 Å².